The zero-order chi connectivity index (χ0) is 25.8. The van der Waals surface area contributed by atoms with E-state index in [0.29, 0.717) is 13.0 Å². The molecule has 4 N–H and O–H groups in total. The summed E-state index contributed by atoms with van der Waals surface area (Å²) in [6, 6.07) is 0. The second-order valence-electron chi connectivity index (χ2n) is 9.07. The minimum atomic E-state index is -1.39. The Hall–Kier alpha value is -2.16. The fourth-order valence-electron chi connectivity index (χ4n) is 4.11. The predicted molar refractivity (Wildman–Crippen MR) is 130 cm³/mol. The van der Waals surface area contributed by atoms with Gasteiger partial charge in [-0.1, -0.05) is 71.6 Å². The first-order valence-corrected chi connectivity index (χ1v) is 12.8. The van der Waals surface area contributed by atoms with Gasteiger partial charge in [0.1, 0.15) is 5.54 Å². The highest BCUT2D eigenvalue weighted by atomic mass is 16.5. The number of carboxylic acid groups (broad SMARTS) is 1. The molecule has 2 amide bonds. The van der Waals surface area contributed by atoms with Crippen LogP contribution >= 0.6 is 0 Å². The topological polar surface area (TPSA) is 157 Å². The summed E-state index contributed by atoms with van der Waals surface area (Å²) in [7, 11) is 0. The lowest BCUT2D eigenvalue weighted by Gasteiger charge is -2.35. The first kappa shape index (κ1) is 31.8. The number of aliphatic carboxylic acids is 1. The van der Waals surface area contributed by atoms with Crippen LogP contribution in [0.3, 0.4) is 0 Å². The minimum Gasteiger partial charge on any atom is -0.480 e. The summed E-state index contributed by atoms with van der Waals surface area (Å²) >= 11 is 0. The van der Waals surface area contributed by atoms with Gasteiger partial charge in [0.25, 0.3) is 0 Å². The van der Waals surface area contributed by atoms with E-state index in [0.717, 1.165) is 25.7 Å². The Kier molecular flexibility index (Phi) is 18.0. The molecule has 9 nitrogen and oxygen atoms in total. The predicted octanol–water partition coefficient (Wildman–Crippen LogP) is 4.07. The van der Waals surface area contributed by atoms with Crippen LogP contribution in [0, 0.1) is 5.92 Å². The smallest absolute Gasteiger partial charge is 0.324 e. The zero-order valence-corrected chi connectivity index (χ0v) is 21.1. The van der Waals surface area contributed by atoms with E-state index in [1.165, 1.54) is 44.9 Å². The number of carbonyl (C=O) groups is 4. The number of rotatable bonds is 17. The van der Waals surface area contributed by atoms with Crippen LogP contribution in [0.5, 0.6) is 0 Å². The molecule has 1 rings (SSSR count). The number of hydrogen-bond acceptors (Lipinski definition) is 6. The van der Waals surface area contributed by atoms with Crippen LogP contribution in [-0.4, -0.2) is 47.6 Å². The summed E-state index contributed by atoms with van der Waals surface area (Å²) in [6.07, 6.45) is 13.0. The molecule has 1 fully saturated rings. The number of unbranched alkanes of at least 4 members (excludes halogenated alkanes) is 9. The molecule has 1 unspecified atom stereocenters. The zero-order valence-electron chi connectivity index (χ0n) is 21.1. The van der Waals surface area contributed by atoms with Crippen molar-refractivity contribution in [2.24, 2.45) is 5.92 Å². The standard InChI is InChI=1S/C21H37N2O5.C4H8NO/c1-2-3-4-5-6-7-8-9-10-11-14-23-21(20(26)27)13-12-19(25)28-16-17(21)15-18(22)24;1-2-3-4(5)6/h17,22-23H,2-16H2,1H3,(H,26,27);5H,2-3H2,1H3/t17?,21-;/m0./s1. The van der Waals surface area contributed by atoms with Crippen molar-refractivity contribution in [2.45, 2.75) is 116 Å². The summed E-state index contributed by atoms with van der Waals surface area (Å²) in [5, 5.41) is 13.0. The minimum absolute atomic E-state index is 0.0000216. The van der Waals surface area contributed by atoms with Crippen LogP contribution in [0.4, 0.5) is 0 Å². The number of ether oxygens (including phenoxy) is 1. The number of cyclic esters (lactones) is 1. The summed E-state index contributed by atoms with van der Waals surface area (Å²) in [6.45, 7) is 4.47. The second-order valence-corrected chi connectivity index (χ2v) is 9.07. The quantitative estimate of drug-likeness (QED) is 0.233. The molecular weight excluding hydrogens is 438 g/mol. The molecule has 0 aromatic heterocycles. The first-order chi connectivity index (χ1) is 16.2. The maximum absolute atomic E-state index is 12.0. The fraction of sp³-hybridized carbons (Fsp3) is 0.840. The second kappa shape index (κ2) is 19.2. The van der Waals surface area contributed by atoms with Gasteiger partial charge in [0.2, 0.25) is 11.8 Å². The highest BCUT2D eigenvalue weighted by molar-refractivity contribution is 5.83. The maximum atomic E-state index is 12.0. The van der Waals surface area contributed by atoms with Crippen LogP contribution < -0.4 is 16.8 Å². The molecule has 2 atom stereocenters. The van der Waals surface area contributed by atoms with Gasteiger partial charge >= 0.3 is 11.9 Å². The lowest BCUT2D eigenvalue weighted by molar-refractivity contribution is -0.150. The molecule has 34 heavy (non-hydrogen) atoms. The number of hydrogen-bond donors (Lipinski definition) is 2. The van der Waals surface area contributed by atoms with Gasteiger partial charge in [-0.3, -0.25) is 30.6 Å². The number of esters is 1. The van der Waals surface area contributed by atoms with E-state index in [1.54, 1.807) is 0 Å². The summed E-state index contributed by atoms with van der Waals surface area (Å²) in [5.41, 5.74) is 12.2. The molecule has 9 heteroatoms. The van der Waals surface area contributed by atoms with Gasteiger partial charge in [-0.2, -0.15) is 0 Å². The first-order valence-electron chi connectivity index (χ1n) is 12.8. The van der Waals surface area contributed by atoms with E-state index in [1.807, 2.05) is 6.92 Å². The number of carbonyl (C=O) groups excluding carboxylic acids is 3. The van der Waals surface area contributed by atoms with Gasteiger partial charge in [-0.15, -0.1) is 0 Å². The van der Waals surface area contributed by atoms with Crippen LogP contribution in [0.25, 0.3) is 0 Å². The molecule has 0 aromatic rings. The van der Waals surface area contributed by atoms with Crippen molar-refractivity contribution in [3.63, 3.8) is 0 Å². The Morgan fingerprint density at radius 3 is 1.94 bits per heavy atom. The van der Waals surface area contributed by atoms with Crippen LogP contribution in [0.15, 0.2) is 0 Å². The highest BCUT2D eigenvalue weighted by Gasteiger charge is 2.48. The largest absolute Gasteiger partial charge is 0.480 e. The van der Waals surface area contributed by atoms with E-state index in [9.17, 15) is 24.3 Å². The summed E-state index contributed by atoms with van der Waals surface area (Å²) in [5.74, 6) is -3.55. The van der Waals surface area contributed by atoms with Crippen molar-refractivity contribution in [1.82, 2.24) is 16.8 Å². The van der Waals surface area contributed by atoms with Gasteiger partial charge in [0, 0.05) is 25.2 Å². The molecule has 196 valence electrons. The van der Waals surface area contributed by atoms with Gasteiger partial charge in [0.05, 0.1) is 6.61 Å². The monoisotopic (exact) mass is 483 g/mol. The van der Waals surface area contributed by atoms with Crippen molar-refractivity contribution >= 4 is 23.8 Å². The van der Waals surface area contributed by atoms with E-state index in [4.69, 9.17) is 16.2 Å². The van der Waals surface area contributed by atoms with Crippen molar-refractivity contribution in [1.29, 1.82) is 0 Å². The Labute approximate surface area is 204 Å². The molecule has 0 bridgehead atoms. The number of carboxylic acids is 1. The summed E-state index contributed by atoms with van der Waals surface area (Å²) in [4.78, 5) is 44.6. The van der Waals surface area contributed by atoms with Crippen molar-refractivity contribution in [3.05, 3.63) is 0 Å². The average molecular weight is 484 g/mol. The van der Waals surface area contributed by atoms with E-state index >= 15 is 0 Å². The maximum Gasteiger partial charge on any atom is 0.324 e. The summed E-state index contributed by atoms with van der Waals surface area (Å²) < 4.78 is 5.05. The Balaban J connectivity index is 0.00000160. The molecule has 0 aromatic carbocycles. The number of amides is 2. The lowest BCUT2D eigenvalue weighted by atomic mass is 9.78. The van der Waals surface area contributed by atoms with E-state index < -0.39 is 35.2 Å². The highest BCUT2D eigenvalue weighted by Crippen LogP contribution is 2.30. The third-order valence-electron chi connectivity index (χ3n) is 6.13. The molecule has 1 aliphatic heterocycles. The Bertz CT molecular complexity index is 613. The normalized spacial score (nSPS) is 19.9. The fourth-order valence-corrected chi connectivity index (χ4v) is 4.11. The molecule has 0 spiro atoms. The Morgan fingerprint density at radius 1 is 0.941 bits per heavy atom. The number of nitrogens with one attached hydrogen (secondary N) is 3. The average Bonchev–Trinajstić information content (AvgIpc) is 2.92. The van der Waals surface area contributed by atoms with E-state index in [2.05, 4.69) is 12.2 Å². The molecule has 2 radical (unpaired) electrons. The molecular formula is C25H45N3O6. The van der Waals surface area contributed by atoms with Crippen LogP contribution in [0.1, 0.15) is 110 Å². The van der Waals surface area contributed by atoms with Crippen molar-refractivity contribution in [2.75, 3.05) is 13.2 Å². The van der Waals surface area contributed by atoms with E-state index in [-0.39, 0.29) is 25.9 Å². The van der Waals surface area contributed by atoms with Crippen LogP contribution in [0.2, 0.25) is 0 Å². The molecule has 1 heterocycles. The van der Waals surface area contributed by atoms with Gasteiger partial charge < -0.3 is 15.2 Å². The van der Waals surface area contributed by atoms with Crippen molar-refractivity contribution in [3.8, 4) is 0 Å². The van der Waals surface area contributed by atoms with Gasteiger partial charge in [-0.05, 0) is 25.8 Å². The third kappa shape index (κ3) is 14.2. The third-order valence-corrected chi connectivity index (χ3v) is 6.13. The van der Waals surface area contributed by atoms with Crippen molar-refractivity contribution < 1.29 is 29.0 Å². The molecule has 0 aliphatic carbocycles. The molecule has 0 saturated carbocycles. The molecule has 1 saturated heterocycles. The van der Waals surface area contributed by atoms with Gasteiger partial charge in [0.15, 0.2) is 0 Å². The van der Waals surface area contributed by atoms with Gasteiger partial charge in [-0.25, -0.2) is 0 Å². The van der Waals surface area contributed by atoms with Crippen LogP contribution in [-0.2, 0) is 23.9 Å². The Morgan fingerprint density at radius 2 is 1.50 bits per heavy atom. The SMILES string of the molecule is CCCC([NH])=O.CCCCCCCCCCCCN[C@@]1(C(=O)O)CCC(=O)OCC1CC([NH])=O. The molecule has 1 aliphatic rings. The lowest BCUT2D eigenvalue weighted by Crippen LogP contribution is -2.58.